The van der Waals surface area contributed by atoms with E-state index < -0.39 is 6.10 Å². The Hall–Kier alpha value is -0.160. The first-order chi connectivity index (χ1) is 9.59. The van der Waals surface area contributed by atoms with Crippen molar-refractivity contribution in [3.05, 3.63) is 0 Å². The molecule has 4 heteroatoms. The summed E-state index contributed by atoms with van der Waals surface area (Å²) in [5.41, 5.74) is 0.0113. The molecule has 0 aromatic rings. The van der Waals surface area contributed by atoms with E-state index in [1.165, 1.54) is 19.3 Å². The zero-order chi connectivity index (χ0) is 14.4. The van der Waals surface area contributed by atoms with E-state index in [0.717, 1.165) is 32.5 Å². The van der Waals surface area contributed by atoms with Gasteiger partial charge in [0.2, 0.25) is 0 Å². The maximum absolute atomic E-state index is 10.1. The number of aliphatic hydroxyl groups is 1. The maximum Gasteiger partial charge on any atom is 0.0898 e. The third-order valence-electron chi connectivity index (χ3n) is 4.74. The molecule has 4 unspecified atom stereocenters. The SMILES string of the molecule is CC1CCCCC1OCC(O)CNC1(C)CCCOC1. The van der Waals surface area contributed by atoms with E-state index >= 15 is 0 Å². The molecule has 1 saturated carbocycles. The Balaban J connectivity index is 1.63. The number of hydrogen-bond acceptors (Lipinski definition) is 4. The molecule has 2 N–H and O–H groups in total. The minimum absolute atomic E-state index is 0.0113. The van der Waals surface area contributed by atoms with Crippen molar-refractivity contribution in [2.45, 2.75) is 70.1 Å². The lowest BCUT2D eigenvalue weighted by molar-refractivity contribution is -0.0493. The fraction of sp³-hybridized carbons (Fsp3) is 1.00. The largest absolute Gasteiger partial charge is 0.389 e. The second kappa shape index (κ2) is 7.74. The molecule has 4 atom stereocenters. The van der Waals surface area contributed by atoms with Gasteiger partial charge in [-0.1, -0.05) is 19.8 Å². The van der Waals surface area contributed by atoms with E-state index in [4.69, 9.17) is 9.47 Å². The van der Waals surface area contributed by atoms with Crippen molar-refractivity contribution in [2.24, 2.45) is 5.92 Å². The molecule has 4 nitrogen and oxygen atoms in total. The minimum Gasteiger partial charge on any atom is -0.389 e. The Morgan fingerprint density at radius 2 is 2.15 bits per heavy atom. The molecule has 1 saturated heterocycles. The molecule has 1 aliphatic carbocycles. The molecule has 0 aromatic carbocycles. The van der Waals surface area contributed by atoms with Crippen LogP contribution < -0.4 is 5.32 Å². The molecular weight excluding hydrogens is 254 g/mol. The average molecular weight is 285 g/mol. The first-order valence-corrected chi connectivity index (χ1v) is 8.21. The van der Waals surface area contributed by atoms with Gasteiger partial charge in [0.25, 0.3) is 0 Å². The van der Waals surface area contributed by atoms with Crippen LogP contribution in [-0.2, 0) is 9.47 Å². The van der Waals surface area contributed by atoms with Crippen LogP contribution in [0.15, 0.2) is 0 Å². The third kappa shape index (κ3) is 4.99. The van der Waals surface area contributed by atoms with Crippen LogP contribution >= 0.6 is 0 Å². The average Bonchev–Trinajstić information content (AvgIpc) is 2.45. The van der Waals surface area contributed by atoms with E-state index in [-0.39, 0.29) is 5.54 Å². The van der Waals surface area contributed by atoms with Gasteiger partial charge in [0, 0.05) is 18.7 Å². The number of aliphatic hydroxyl groups excluding tert-OH is 1. The number of nitrogens with one attached hydrogen (secondary N) is 1. The van der Waals surface area contributed by atoms with E-state index in [2.05, 4.69) is 19.2 Å². The van der Waals surface area contributed by atoms with Crippen LogP contribution in [-0.4, -0.2) is 49.2 Å². The Labute approximate surface area is 123 Å². The highest BCUT2D eigenvalue weighted by Gasteiger charge is 2.28. The minimum atomic E-state index is -0.428. The second-order valence-corrected chi connectivity index (χ2v) is 6.89. The fourth-order valence-electron chi connectivity index (χ4n) is 3.26. The number of rotatable bonds is 6. The molecule has 0 spiro atoms. The maximum atomic E-state index is 10.1. The molecule has 1 aliphatic heterocycles. The summed E-state index contributed by atoms with van der Waals surface area (Å²) in [7, 11) is 0. The lowest BCUT2D eigenvalue weighted by atomic mass is 9.88. The van der Waals surface area contributed by atoms with Gasteiger partial charge in [0.05, 0.1) is 25.4 Å². The van der Waals surface area contributed by atoms with E-state index in [0.29, 0.717) is 25.2 Å². The van der Waals surface area contributed by atoms with Crippen LogP contribution in [0, 0.1) is 5.92 Å². The molecule has 20 heavy (non-hydrogen) atoms. The molecule has 1 heterocycles. The van der Waals surface area contributed by atoms with Gasteiger partial charge in [-0.25, -0.2) is 0 Å². The summed E-state index contributed by atoms with van der Waals surface area (Å²) < 4.78 is 11.4. The molecule has 118 valence electrons. The standard InChI is InChI=1S/C16H31NO3/c1-13-6-3-4-7-15(13)20-11-14(18)10-17-16(2)8-5-9-19-12-16/h13-15,17-18H,3-12H2,1-2H3. The van der Waals surface area contributed by atoms with Gasteiger partial charge in [-0.05, 0) is 38.5 Å². The zero-order valence-corrected chi connectivity index (χ0v) is 13.1. The molecular formula is C16H31NO3. The number of hydrogen-bond donors (Lipinski definition) is 2. The lowest BCUT2D eigenvalue weighted by Gasteiger charge is -2.35. The number of ether oxygens (including phenoxy) is 2. The third-order valence-corrected chi connectivity index (χ3v) is 4.74. The van der Waals surface area contributed by atoms with Gasteiger partial charge in [-0.3, -0.25) is 0 Å². The first-order valence-electron chi connectivity index (χ1n) is 8.21. The van der Waals surface area contributed by atoms with Crippen LogP contribution in [0.25, 0.3) is 0 Å². The highest BCUT2D eigenvalue weighted by molar-refractivity contribution is 4.86. The summed E-state index contributed by atoms with van der Waals surface area (Å²) in [6, 6.07) is 0. The predicted octanol–water partition coefficient (Wildman–Crippen LogP) is 2.10. The Morgan fingerprint density at radius 3 is 2.85 bits per heavy atom. The van der Waals surface area contributed by atoms with Crippen molar-refractivity contribution in [3.63, 3.8) is 0 Å². The molecule has 2 rings (SSSR count). The van der Waals surface area contributed by atoms with Crippen molar-refractivity contribution >= 4 is 0 Å². The van der Waals surface area contributed by atoms with Gasteiger partial charge in [-0.15, -0.1) is 0 Å². The normalized spacial score (nSPS) is 36.8. The summed E-state index contributed by atoms with van der Waals surface area (Å²) >= 11 is 0. The summed E-state index contributed by atoms with van der Waals surface area (Å²) in [6.07, 6.45) is 7.11. The van der Waals surface area contributed by atoms with Crippen molar-refractivity contribution in [2.75, 3.05) is 26.4 Å². The first kappa shape index (κ1) is 16.2. The van der Waals surface area contributed by atoms with Crippen LogP contribution in [0.3, 0.4) is 0 Å². The Kier molecular flexibility index (Phi) is 6.27. The quantitative estimate of drug-likeness (QED) is 0.785. The molecule has 0 radical (unpaired) electrons. The number of β-amino-alcohol motifs (C(OH)–C–C–N with tert-alkyl or cyclic N) is 1. The van der Waals surface area contributed by atoms with Crippen molar-refractivity contribution in [1.82, 2.24) is 5.32 Å². The fourth-order valence-corrected chi connectivity index (χ4v) is 3.26. The molecule has 2 aliphatic rings. The van der Waals surface area contributed by atoms with Crippen molar-refractivity contribution in [1.29, 1.82) is 0 Å². The zero-order valence-electron chi connectivity index (χ0n) is 13.1. The smallest absolute Gasteiger partial charge is 0.0898 e. The van der Waals surface area contributed by atoms with E-state index in [1.54, 1.807) is 0 Å². The monoisotopic (exact) mass is 285 g/mol. The Bertz CT molecular complexity index is 279. The second-order valence-electron chi connectivity index (χ2n) is 6.89. The van der Waals surface area contributed by atoms with Crippen molar-refractivity contribution in [3.8, 4) is 0 Å². The van der Waals surface area contributed by atoms with Gasteiger partial charge < -0.3 is 19.9 Å². The van der Waals surface area contributed by atoms with Crippen LogP contribution in [0.2, 0.25) is 0 Å². The molecule has 2 fully saturated rings. The molecule has 0 aromatic heterocycles. The highest BCUT2D eigenvalue weighted by atomic mass is 16.5. The van der Waals surface area contributed by atoms with Gasteiger partial charge in [0.15, 0.2) is 0 Å². The lowest BCUT2D eigenvalue weighted by Crippen LogP contribution is -2.51. The van der Waals surface area contributed by atoms with Crippen LogP contribution in [0.5, 0.6) is 0 Å². The van der Waals surface area contributed by atoms with Gasteiger partial charge in [0.1, 0.15) is 0 Å². The summed E-state index contributed by atoms with van der Waals surface area (Å²) in [4.78, 5) is 0. The van der Waals surface area contributed by atoms with E-state index in [1.807, 2.05) is 0 Å². The Morgan fingerprint density at radius 1 is 1.35 bits per heavy atom. The van der Waals surface area contributed by atoms with Gasteiger partial charge >= 0.3 is 0 Å². The molecule has 0 bridgehead atoms. The van der Waals surface area contributed by atoms with Crippen LogP contribution in [0.1, 0.15) is 52.4 Å². The summed E-state index contributed by atoms with van der Waals surface area (Å²) in [6.45, 7) is 7.06. The summed E-state index contributed by atoms with van der Waals surface area (Å²) in [5, 5.41) is 13.5. The molecule has 0 amide bonds. The summed E-state index contributed by atoms with van der Waals surface area (Å²) in [5.74, 6) is 0.633. The van der Waals surface area contributed by atoms with E-state index in [9.17, 15) is 5.11 Å². The van der Waals surface area contributed by atoms with Crippen LogP contribution in [0.4, 0.5) is 0 Å². The topological polar surface area (TPSA) is 50.7 Å². The van der Waals surface area contributed by atoms with Gasteiger partial charge in [-0.2, -0.15) is 0 Å². The van der Waals surface area contributed by atoms with Crippen molar-refractivity contribution < 1.29 is 14.6 Å². The highest BCUT2D eigenvalue weighted by Crippen LogP contribution is 2.26. The predicted molar refractivity (Wildman–Crippen MR) is 79.8 cm³/mol.